The van der Waals surface area contributed by atoms with Gasteiger partial charge < -0.3 is 15.2 Å². The molecule has 0 atom stereocenters. The second-order valence-electron chi connectivity index (χ2n) is 2.98. The fraction of sp³-hybridized carbons (Fsp3) is 0.200. The number of halogens is 1. The topological polar surface area (TPSA) is 75.6 Å². The zero-order chi connectivity index (χ0) is 12.1. The van der Waals surface area contributed by atoms with Crippen LogP contribution in [-0.4, -0.2) is 30.7 Å². The number of methoxy groups -OCH3 is 1. The number of anilines is 1. The van der Waals surface area contributed by atoms with E-state index in [1.807, 2.05) is 0 Å². The lowest BCUT2D eigenvalue weighted by molar-refractivity contribution is -0.119. The minimum Gasteiger partial charge on any atom is -0.478 e. The Morgan fingerprint density at radius 3 is 2.75 bits per heavy atom. The van der Waals surface area contributed by atoms with Gasteiger partial charge in [-0.1, -0.05) is 15.9 Å². The summed E-state index contributed by atoms with van der Waals surface area (Å²) in [7, 11) is 1.39. The van der Waals surface area contributed by atoms with Gasteiger partial charge >= 0.3 is 5.97 Å². The molecule has 0 saturated heterocycles. The first-order valence-electron chi connectivity index (χ1n) is 4.36. The van der Waals surface area contributed by atoms with Crippen LogP contribution >= 0.6 is 15.9 Å². The predicted molar refractivity (Wildman–Crippen MR) is 61.6 cm³/mol. The highest BCUT2D eigenvalue weighted by Crippen LogP contribution is 2.21. The molecule has 1 amide bonds. The fourth-order valence-electron chi connectivity index (χ4n) is 1.12. The van der Waals surface area contributed by atoms with Crippen LogP contribution in [0.2, 0.25) is 0 Å². The van der Waals surface area contributed by atoms with Crippen LogP contribution < -0.4 is 5.32 Å². The van der Waals surface area contributed by atoms with Gasteiger partial charge in [-0.3, -0.25) is 4.79 Å². The van der Waals surface area contributed by atoms with Crippen molar-refractivity contribution >= 4 is 33.5 Å². The van der Waals surface area contributed by atoms with E-state index in [2.05, 4.69) is 26.0 Å². The summed E-state index contributed by atoms with van der Waals surface area (Å²) in [5.74, 6) is -1.50. The number of hydrogen-bond acceptors (Lipinski definition) is 3. The van der Waals surface area contributed by atoms with Crippen molar-refractivity contribution in [2.45, 2.75) is 0 Å². The van der Waals surface area contributed by atoms with Crippen molar-refractivity contribution in [3.63, 3.8) is 0 Å². The molecule has 0 bridgehead atoms. The Kier molecular flexibility index (Phi) is 4.45. The first-order chi connectivity index (χ1) is 7.54. The van der Waals surface area contributed by atoms with Gasteiger partial charge in [-0.05, 0) is 18.2 Å². The SMILES string of the molecule is COCC(=O)Nc1cc(Br)ccc1C(=O)O. The number of aromatic carboxylic acids is 1. The molecular weight excluding hydrogens is 278 g/mol. The second-order valence-corrected chi connectivity index (χ2v) is 3.89. The minimum atomic E-state index is -1.10. The van der Waals surface area contributed by atoms with Gasteiger partial charge in [0.25, 0.3) is 0 Å². The number of amides is 1. The van der Waals surface area contributed by atoms with Gasteiger partial charge in [0.1, 0.15) is 6.61 Å². The number of carbonyl (C=O) groups is 2. The van der Waals surface area contributed by atoms with Crippen LogP contribution in [0.3, 0.4) is 0 Å². The molecule has 86 valence electrons. The molecule has 0 aliphatic rings. The van der Waals surface area contributed by atoms with E-state index in [1.165, 1.54) is 19.2 Å². The summed E-state index contributed by atoms with van der Waals surface area (Å²) in [6.07, 6.45) is 0. The molecule has 0 saturated carbocycles. The van der Waals surface area contributed by atoms with Crippen LogP contribution in [-0.2, 0) is 9.53 Å². The van der Waals surface area contributed by atoms with Crippen molar-refractivity contribution in [3.8, 4) is 0 Å². The van der Waals surface area contributed by atoms with Crippen LogP contribution in [0.1, 0.15) is 10.4 Å². The molecule has 1 rings (SSSR count). The third-order valence-corrected chi connectivity index (χ3v) is 2.25. The number of nitrogens with one attached hydrogen (secondary N) is 1. The van der Waals surface area contributed by atoms with E-state index in [1.54, 1.807) is 6.07 Å². The molecule has 1 aromatic carbocycles. The van der Waals surface area contributed by atoms with Gasteiger partial charge in [-0.25, -0.2) is 4.79 Å². The largest absolute Gasteiger partial charge is 0.478 e. The van der Waals surface area contributed by atoms with Gasteiger partial charge in [-0.2, -0.15) is 0 Å². The predicted octanol–water partition coefficient (Wildman–Crippen LogP) is 1.73. The molecule has 0 aliphatic carbocycles. The zero-order valence-electron chi connectivity index (χ0n) is 8.49. The third kappa shape index (κ3) is 3.32. The molecule has 2 N–H and O–H groups in total. The molecule has 5 nitrogen and oxygen atoms in total. The average Bonchev–Trinajstić information content (AvgIpc) is 2.17. The molecule has 0 fully saturated rings. The normalized spacial score (nSPS) is 9.88. The third-order valence-electron chi connectivity index (χ3n) is 1.76. The first kappa shape index (κ1) is 12.7. The lowest BCUT2D eigenvalue weighted by atomic mass is 10.2. The molecule has 0 spiro atoms. The Bertz CT molecular complexity index is 419. The van der Waals surface area contributed by atoms with Gasteiger partial charge in [-0.15, -0.1) is 0 Å². The van der Waals surface area contributed by atoms with E-state index in [9.17, 15) is 9.59 Å². The fourth-order valence-corrected chi connectivity index (χ4v) is 1.48. The molecule has 0 unspecified atom stereocenters. The average molecular weight is 288 g/mol. The maximum absolute atomic E-state index is 11.3. The summed E-state index contributed by atoms with van der Waals surface area (Å²) in [4.78, 5) is 22.1. The maximum atomic E-state index is 11.3. The molecular formula is C10H10BrNO4. The van der Waals surface area contributed by atoms with Crippen molar-refractivity contribution in [2.75, 3.05) is 19.0 Å². The van der Waals surface area contributed by atoms with Crippen LogP contribution in [0, 0.1) is 0 Å². The summed E-state index contributed by atoms with van der Waals surface area (Å²) in [6.45, 7) is -0.119. The Balaban J connectivity index is 2.96. The lowest BCUT2D eigenvalue weighted by Crippen LogP contribution is -2.19. The van der Waals surface area contributed by atoms with Crippen LogP contribution in [0.15, 0.2) is 22.7 Å². The Morgan fingerprint density at radius 2 is 2.19 bits per heavy atom. The highest BCUT2D eigenvalue weighted by molar-refractivity contribution is 9.10. The summed E-state index contributed by atoms with van der Waals surface area (Å²) >= 11 is 3.20. The molecule has 1 aromatic rings. The lowest BCUT2D eigenvalue weighted by Gasteiger charge is -2.08. The minimum absolute atomic E-state index is 0.0349. The van der Waals surface area contributed by atoms with Crippen LogP contribution in [0.25, 0.3) is 0 Å². The standard InChI is InChI=1S/C10H10BrNO4/c1-16-5-9(13)12-8-4-6(11)2-3-7(8)10(14)15/h2-4H,5H2,1H3,(H,12,13)(H,14,15). The quantitative estimate of drug-likeness (QED) is 0.884. The Labute approximate surface area is 101 Å². The zero-order valence-corrected chi connectivity index (χ0v) is 10.1. The first-order valence-corrected chi connectivity index (χ1v) is 5.15. The van der Waals surface area contributed by atoms with Crippen molar-refractivity contribution in [1.29, 1.82) is 0 Å². The highest BCUT2D eigenvalue weighted by Gasteiger charge is 2.12. The summed E-state index contributed by atoms with van der Waals surface area (Å²) in [5, 5.41) is 11.4. The molecule has 0 heterocycles. The number of hydrogen-bond donors (Lipinski definition) is 2. The van der Waals surface area contributed by atoms with E-state index in [0.29, 0.717) is 4.47 Å². The molecule has 16 heavy (non-hydrogen) atoms. The Morgan fingerprint density at radius 1 is 1.50 bits per heavy atom. The highest BCUT2D eigenvalue weighted by atomic mass is 79.9. The smallest absolute Gasteiger partial charge is 0.337 e. The van der Waals surface area contributed by atoms with E-state index >= 15 is 0 Å². The van der Waals surface area contributed by atoms with Gasteiger partial charge in [0.2, 0.25) is 5.91 Å². The van der Waals surface area contributed by atoms with Crippen LogP contribution in [0.5, 0.6) is 0 Å². The number of carboxylic acid groups (broad SMARTS) is 1. The second kappa shape index (κ2) is 5.62. The van der Waals surface area contributed by atoms with Crippen molar-refractivity contribution in [1.82, 2.24) is 0 Å². The van der Waals surface area contributed by atoms with Gasteiger partial charge in [0, 0.05) is 11.6 Å². The number of benzene rings is 1. The van der Waals surface area contributed by atoms with Crippen molar-refractivity contribution < 1.29 is 19.4 Å². The number of carboxylic acids is 1. The van der Waals surface area contributed by atoms with Gasteiger partial charge in [0.05, 0.1) is 11.3 Å². The van der Waals surface area contributed by atoms with E-state index in [4.69, 9.17) is 5.11 Å². The summed E-state index contributed by atoms with van der Waals surface area (Å²) < 4.78 is 5.32. The molecule has 0 aromatic heterocycles. The van der Waals surface area contributed by atoms with E-state index < -0.39 is 11.9 Å². The van der Waals surface area contributed by atoms with E-state index in [0.717, 1.165) is 0 Å². The molecule has 0 aliphatic heterocycles. The number of rotatable bonds is 4. The molecule has 0 radical (unpaired) electrons. The Hall–Kier alpha value is -1.40. The monoisotopic (exact) mass is 287 g/mol. The number of ether oxygens (including phenoxy) is 1. The van der Waals surface area contributed by atoms with Crippen molar-refractivity contribution in [3.05, 3.63) is 28.2 Å². The number of carbonyl (C=O) groups excluding carboxylic acids is 1. The van der Waals surface area contributed by atoms with Gasteiger partial charge in [0.15, 0.2) is 0 Å². The van der Waals surface area contributed by atoms with Crippen LogP contribution in [0.4, 0.5) is 5.69 Å². The van der Waals surface area contributed by atoms with Crippen molar-refractivity contribution in [2.24, 2.45) is 0 Å². The summed E-state index contributed by atoms with van der Waals surface area (Å²) in [5.41, 5.74) is 0.275. The summed E-state index contributed by atoms with van der Waals surface area (Å²) in [6, 6.07) is 4.53. The maximum Gasteiger partial charge on any atom is 0.337 e. The molecule has 6 heteroatoms. The van der Waals surface area contributed by atoms with E-state index in [-0.39, 0.29) is 17.9 Å².